The Morgan fingerprint density at radius 1 is 1.14 bits per heavy atom. The molecule has 0 bridgehead atoms. The highest BCUT2D eigenvalue weighted by Gasteiger charge is 2.32. The highest BCUT2D eigenvalue weighted by molar-refractivity contribution is 7.22. The van der Waals surface area contributed by atoms with Crippen LogP contribution in [0.3, 0.4) is 0 Å². The van der Waals surface area contributed by atoms with Gasteiger partial charge in [0.15, 0.2) is 0 Å². The number of carbonyl (C=O) groups excluding carboxylic acids is 2. The summed E-state index contributed by atoms with van der Waals surface area (Å²) in [7, 11) is 1.74. The molecule has 1 atom stereocenters. The van der Waals surface area contributed by atoms with Crippen LogP contribution in [0.5, 0.6) is 0 Å². The van der Waals surface area contributed by atoms with Crippen molar-refractivity contribution >= 4 is 39.1 Å². The fraction of sp³-hybridized carbons (Fsp3) is 0.281. The lowest BCUT2D eigenvalue weighted by atomic mass is 9.83. The van der Waals surface area contributed by atoms with Crippen LogP contribution in [0.15, 0.2) is 67.0 Å². The first kappa shape index (κ1) is 28.6. The van der Waals surface area contributed by atoms with Gasteiger partial charge in [-0.05, 0) is 74.7 Å². The van der Waals surface area contributed by atoms with Gasteiger partial charge in [0.2, 0.25) is 5.91 Å². The molecule has 1 aliphatic heterocycles. The van der Waals surface area contributed by atoms with Crippen molar-refractivity contribution in [2.45, 2.75) is 38.1 Å². The van der Waals surface area contributed by atoms with Gasteiger partial charge in [-0.25, -0.2) is 9.37 Å². The smallest absolute Gasteiger partial charge is 0.262 e. The van der Waals surface area contributed by atoms with Gasteiger partial charge < -0.3 is 11.1 Å². The van der Waals surface area contributed by atoms with Gasteiger partial charge in [-0.3, -0.25) is 19.2 Å². The molecule has 11 heteroatoms. The van der Waals surface area contributed by atoms with Crippen molar-refractivity contribution in [1.29, 1.82) is 0 Å². The van der Waals surface area contributed by atoms with Gasteiger partial charge in [-0.1, -0.05) is 29.5 Å². The number of hydrogen-bond donors (Lipinski definition) is 2. The average Bonchev–Trinajstić information content (AvgIpc) is 3.65. The van der Waals surface area contributed by atoms with Crippen LogP contribution in [-0.2, 0) is 17.3 Å². The molecule has 1 fully saturated rings. The Morgan fingerprint density at radius 3 is 2.67 bits per heavy atom. The number of amides is 2. The van der Waals surface area contributed by atoms with Crippen molar-refractivity contribution in [3.05, 3.63) is 83.9 Å². The van der Waals surface area contributed by atoms with E-state index in [1.54, 1.807) is 46.4 Å². The van der Waals surface area contributed by atoms with Crippen molar-refractivity contribution in [3.8, 4) is 21.7 Å². The number of nitrogens with one attached hydrogen (secondary N) is 1. The van der Waals surface area contributed by atoms with E-state index in [1.807, 2.05) is 50.2 Å². The quantitative estimate of drug-likeness (QED) is 0.271. The number of anilines is 1. The Morgan fingerprint density at radius 2 is 1.98 bits per heavy atom. The molecule has 0 spiro atoms. The number of thiophene rings is 1. The van der Waals surface area contributed by atoms with E-state index in [1.165, 1.54) is 12.1 Å². The summed E-state index contributed by atoms with van der Waals surface area (Å²) in [4.78, 5) is 33.6. The van der Waals surface area contributed by atoms with Crippen molar-refractivity contribution in [2.75, 3.05) is 18.0 Å². The summed E-state index contributed by atoms with van der Waals surface area (Å²) in [6.07, 6.45) is 5.03. The maximum atomic E-state index is 15.6. The van der Waals surface area contributed by atoms with Crippen molar-refractivity contribution < 1.29 is 14.0 Å². The number of carbonyl (C=O) groups is 2. The average molecular weight is 598 g/mol. The van der Waals surface area contributed by atoms with Crippen molar-refractivity contribution in [3.63, 3.8) is 0 Å². The van der Waals surface area contributed by atoms with E-state index in [0.29, 0.717) is 23.6 Å². The summed E-state index contributed by atoms with van der Waals surface area (Å²) in [6.45, 7) is 5.05. The number of nitrogens with two attached hydrogens (primary N) is 1. The van der Waals surface area contributed by atoms with E-state index in [4.69, 9.17) is 10.7 Å². The lowest BCUT2D eigenvalue weighted by Gasteiger charge is -2.34. The van der Waals surface area contributed by atoms with E-state index in [2.05, 4.69) is 15.6 Å². The second-order valence-corrected chi connectivity index (χ2v) is 12.5. The number of piperidine rings is 1. The maximum absolute atomic E-state index is 15.6. The molecule has 2 aromatic carbocycles. The van der Waals surface area contributed by atoms with Crippen LogP contribution >= 0.6 is 11.3 Å². The largest absolute Gasteiger partial charge is 0.369 e. The van der Waals surface area contributed by atoms with E-state index in [9.17, 15) is 9.59 Å². The second-order valence-electron chi connectivity index (χ2n) is 11.4. The number of pyridine rings is 1. The van der Waals surface area contributed by atoms with E-state index in [-0.39, 0.29) is 11.6 Å². The number of benzene rings is 2. The molecule has 0 unspecified atom stereocenters. The zero-order valence-electron chi connectivity index (χ0n) is 24.2. The van der Waals surface area contributed by atoms with Crippen LogP contribution in [-0.4, -0.2) is 50.9 Å². The van der Waals surface area contributed by atoms with Crippen LogP contribution in [0.4, 0.5) is 10.2 Å². The molecule has 6 rings (SSSR count). The predicted octanol–water partition coefficient (Wildman–Crippen LogP) is 5.06. The molecule has 4 heterocycles. The topological polar surface area (TPSA) is 119 Å². The fourth-order valence-electron chi connectivity index (χ4n) is 5.43. The molecule has 5 aromatic rings. The third kappa shape index (κ3) is 5.41. The van der Waals surface area contributed by atoms with E-state index in [0.717, 1.165) is 45.5 Å². The van der Waals surface area contributed by atoms with Gasteiger partial charge in [-0.2, -0.15) is 0 Å². The minimum absolute atomic E-state index is 0.0335. The first-order chi connectivity index (χ1) is 20.6. The number of aromatic nitrogens is 4. The summed E-state index contributed by atoms with van der Waals surface area (Å²) >= 11 is 1.57. The highest BCUT2D eigenvalue weighted by atomic mass is 32.1. The monoisotopic (exact) mass is 597 g/mol. The maximum Gasteiger partial charge on any atom is 0.262 e. The molecule has 1 aliphatic rings. The molecule has 2 amide bonds. The van der Waals surface area contributed by atoms with Crippen LogP contribution < -0.4 is 16.0 Å². The zero-order valence-corrected chi connectivity index (χ0v) is 25.0. The Kier molecular flexibility index (Phi) is 7.53. The molecule has 1 saturated heterocycles. The SMILES string of the molecule is Cn1cc(-c2ccc(C(=O)N(c3nccc4sc(-c5cccc(C(C)(C)C(N)=O)c5)cc34)[C@@H]3CCCNC3)c(F)c2)nn1. The fourth-order valence-corrected chi connectivity index (χ4v) is 6.48. The first-order valence-corrected chi connectivity index (χ1v) is 14.9. The minimum Gasteiger partial charge on any atom is -0.369 e. The molecule has 43 heavy (non-hydrogen) atoms. The van der Waals surface area contributed by atoms with Gasteiger partial charge >= 0.3 is 0 Å². The number of halogens is 1. The lowest BCUT2D eigenvalue weighted by molar-refractivity contribution is -0.122. The minimum atomic E-state index is -0.830. The zero-order chi connectivity index (χ0) is 30.3. The summed E-state index contributed by atoms with van der Waals surface area (Å²) in [6, 6.07) is 16.0. The van der Waals surface area contributed by atoms with Gasteiger partial charge in [0.1, 0.15) is 17.3 Å². The third-order valence-corrected chi connectivity index (χ3v) is 9.24. The molecule has 220 valence electrons. The Bertz CT molecular complexity index is 1840. The normalized spacial score (nSPS) is 15.5. The summed E-state index contributed by atoms with van der Waals surface area (Å²) < 4.78 is 18.1. The van der Waals surface area contributed by atoms with Crippen LogP contribution in [0.25, 0.3) is 31.8 Å². The summed E-state index contributed by atoms with van der Waals surface area (Å²) in [5.74, 6) is -0.992. The standard InChI is InChI=1S/C32H32FN7O2S/c1-32(2,31(34)42)21-7-4-6-20(14-21)28-16-24-27(43-28)11-13-36-29(24)40(22-8-5-12-35-17-22)30(41)23-10-9-19(15-25(23)33)26-18-39(3)38-37-26/h4,6-7,9-11,13-16,18,22,35H,5,8,12,17H2,1-3H3,(H2,34,42)/t22-/m1/s1. The van der Waals surface area contributed by atoms with Crippen molar-refractivity contribution in [2.24, 2.45) is 12.8 Å². The number of fused-ring (bicyclic) bond motifs is 1. The molecular weight excluding hydrogens is 565 g/mol. The molecule has 3 aromatic heterocycles. The highest BCUT2D eigenvalue weighted by Crippen LogP contribution is 2.40. The summed E-state index contributed by atoms with van der Waals surface area (Å²) in [5.41, 5.74) is 7.63. The Labute approximate surface area is 252 Å². The number of hydrogen-bond acceptors (Lipinski definition) is 7. The molecule has 3 N–H and O–H groups in total. The molecule has 0 radical (unpaired) electrons. The number of aryl methyl sites for hydroxylation is 1. The van der Waals surface area contributed by atoms with Crippen LogP contribution in [0.1, 0.15) is 42.6 Å². The number of rotatable bonds is 7. The van der Waals surface area contributed by atoms with Crippen LogP contribution in [0.2, 0.25) is 0 Å². The van der Waals surface area contributed by atoms with Gasteiger partial charge in [0.25, 0.3) is 5.91 Å². The van der Waals surface area contributed by atoms with E-state index < -0.39 is 23.0 Å². The number of primary amides is 1. The van der Waals surface area contributed by atoms with Gasteiger partial charge in [-0.15, -0.1) is 16.4 Å². The van der Waals surface area contributed by atoms with Gasteiger partial charge in [0.05, 0.1) is 23.2 Å². The van der Waals surface area contributed by atoms with Gasteiger partial charge in [0, 0.05) is 40.3 Å². The Balaban J connectivity index is 1.42. The summed E-state index contributed by atoms with van der Waals surface area (Å²) in [5, 5.41) is 12.2. The lowest BCUT2D eigenvalue weighted by Crippen LogP contribution is -2.49. The van der Waals surface area contributed by atoms with Crippen molar-refractivity contribution in [1.82, 2.24) is 25.3 Å². The van der Waals surface area contributed by atoms with E-state index >= 15 is 4.39 Å². The first-order valence-electron chi connectivity index (χ1n) is 14.1. The number of nitrogens with zero attached hydrogens (tertiary/aromatic N) is 5. The third-order valence-electron chi connectivity index (χ3n) is 8.09. The predicted molar refractivity (Wildman–Crippen MR) is 166 cm³/mol. The Hall–Kier alpha value is -4.48. The molecule has 0 aliphatic carbocycles. The van der Waals surface area contributed by atoms with Crippen LogP contribution in [0, 0.1) is 5.82 Å². The molecular formula is C32H32FN7O2S. The molecule has 0 saturated carbocycles. The molecule has 9 nitrogen and oxygen atoms in total. The second kappa shape index (κ2) is 11.3.